The largest absolute Gasteiger partial charge is 0.455 e. The molecule has 0 unspecified atom stereocenters. The molecule has 2 aromatic heterocycles. The van der Waals surface area contributed by atoms with E-state index in [0.29, 0.717) is 17.5 Å². The molecule has 55 heavy (non-hydrogen) atoms. The molecule has 4 nitrogen and oxygen atoms in total. The molecule has 256 valence electrons. The lowest BCUT2D eigenvalue weighted by Gasteiger charge is -2.12. The first kappa shape index (κ1) is 31.1. The smallest absolute Gasteiger partial charge is 0.164 e. The van der Waals surface area contributed by atoms with E-state index in [1.807, 2.05) is 12.1 Å². The number of hydrogen-bond donors (Lipinski definition) is 0. The van der Waals surface area contributed by atoms with E-state index >= 15 is 0 Å². The first-order valence-electron chi connectivity index (χ1n) is 18.5. The van der Waals surface area contributed by atoms with Crippen LogP contribution in [0, 0.1) is 0 Å². The first-order valence-corrected chi connectivity index (χ1v) is 18.5. The van der Waals surface area contributed by atoms with Crippen molar-refractivity contribution in [3.05, 3.63) is 188 Å². The van der Waals surface area contributed by atoms with Crippen LogP contribution in [-0.4, -0.2) is 15.0 Å². The SMILES string of the molecule is c1ccc(-c2ccc3cc(-c4nc(-c5ccc6ccccc6c5)nc(-c5cc6c(oc7cccc(-c8ccccc8)c76)c6ccccc56)n4)ccc3c2)cc1. The molecule has 0 saturated heterocycles. The number of rotatable bonds is 5. The second-order valence-corrected chi connectivity index (χ2v) is 14.0. The van der Waals surface area contributed by atoms with Crippen LogP contribution in [0.15, 0.2) is 192 Å². The maximum atomic E-state index is 6.67. The van der Waals surface area contributed by atoms with Crippen LogP contribution in [-0.2, 0) is 0 Å². The molecule has 4 heteroatoms. The lowest BCUT2D eigenvalue weighted by molar-refractivity contribution is 0.673. The van der Waals surface area contributed by atoms with E-state index in [0.717, 1.165) is 76.7 Å². The van der Waals surface area contributed by atoms with Gasteiger partial charge in [-0.25, -0.2) is 15.0 Å². The van der Waals surface area contributed by atoms with Crippen molar-refractivity contribution in [2.24, 2.45) is 0 Å². The summed E-state index contributed by atoms with van der Waals surface area (Å²) >= 11 is 0. The molecule has 0 saturated carbocycles. The van der Waals surface area contributed by atoms with E-state index in [9.17, 15) is 0 Å². The molecule has 0 atom stereocenters. The number of hydrogen-bond acceptors (Lipinski definition) is 4. The van der Waals surface area contributed by atoms with Crippen LogP contribution >= 0.6 is 0 Å². The number of benzene rings is 9. The van der Waals surface area contributed by atoms with Gasteiger partial charge in [-0.1, -0.05) is 158 Å². The summed E-state index contributed by atoms with van der Waals surface area (Å²) < 4.78 is 6.67. The van der Waals surface area contributed by atoms with Gasteiger partial charge in [0.25, 0.3) is 0 Å². The van der Waals surface area contributed by atoms with Gasteiger partial charge in [0.1, 0.15) is 11.2 Å². The molecule has 2 heterocycles. The van der Waals surface area contributed by atoms with Gasteiger partial charge in [-0.2, -0.15) is 0 Å². The molecule has 9 aromatic carbocycles. The lowest BCUT2D eigenvalue weighted by Crippen LogP contribution is -2.01. The molecule has 0 spiro atoms. The Kier molecular flexibility index (Phi) is 7.14. The maximum Gasteiger partial charge on any atom is 0.164 e. The van der Waals surface area contributed by atoms with Crippen LogP contribution in [0.3, 0.4) is 0 Å². The molecule has 0 radical (unpaired) electrons. The van der Waals surface area contributed by atoms with Gasteiger partial charge in [0.15, 0.2) is 17.5 Å². The Morgan fingerprint density at radius 2 is 0.855 bits per heavy atom. The van der Waals surface area contributed by atoms with Crippen molar-refractivity contribution in [2.75, 3.05) is 0 Å². The molecule has 0 bridgehead atoms. The summed E-state index contributed by atoms with van der Waals surface area (Å²) in [4.78, 5) is 15.7. The summed E-state index contributed by atoms with van der Waals surface area (Å²) in [7, 11) is 0. The Labute approximate surface area is 317 Å². The fraction of sp³-hybridized carbons (Fsp3) is 0. The van der Waals surface area contributed by atoms with Crippen LogP contribution in [0.1, 0.15) is 0 Å². The van der Waals surface area contributed by atoms with Gasteiger partial charge in [-0.05, 0) is 79.5 Å². The average molecular weight is 702 g/mol. The van der Waals surface area contributed by atoms with Gasteiger partial charge in [0, 0.05) is 32.8 Å². The highest BCUT2D eigenvalue weighted by atomic mass is 16.3. The van der Waals surface area contributed by atoms with Gasteiger partial charge in [-0.3, -0.25) is 0 Å². The highest BCUT2D eigenvalue weighted by molar-refractivity contribution is 6.22. The van der Waals surface area contributed by atoms with Gasteiger partial charge < -0.3 is 4.42 Å². The summed E-state index contributed by atoms with van der Waals surface area (Å²) in [6, 6.07) is 65.8. The van der Waals surface area contributed by atoms with Crippen molar-refractivity contribution in [1.82, 2.24) is 15.0 Å². The zero-order valence-corrected chi connectivity index (χ0v) is 29.6. The van der Waals surface area contributed by atoms with Crippen molar-refractivity contribution in [2.45, 2.75) is 0 Å². The monoisotopic (exact) mass is 701 g/mol. The van der Waals surface area contributed by atoms with Gasteiger partial charge in [0.2, 0.25) is 0 Å². The van der Waals surface area contributed by atoms with Gasteiger partial charge in [0.05, 0.1) is 0 Å². The van der Waals surface area contributed by atoms with Crippen molar-refractivity contribution < 1.29 is 4.42 Å². The van der Waals surface area contributed by atoms with Crippen LogP contribution in [0.4, 0.5) is 0 Å². The molecule has 0 amide bonds. The predicted molar refractivity (Wildman–Crippen MR) is 227 cm³/mol. The number of nitrogens with zero attached hydrogens (tertiary/aromatic N) is 3. The Morgan fingerprint density at radius 1 is 0.309 bits per heavy atom. The van der Waals surface area contributed by atoms with E-state index < -0.39 is 0 Å². The second kappa shape index (κ2) is 12.6. The fourth-order valence-electron chi connectivity index (χ4n) is 7.97. The summed E-state index contributed by atoms with van der Waals surface area (Å²) in [5.41, 5.74) is 9.12. The van der Waals surface area contributed by atoms with Crippen molar-refractivity contribution >= 4 is 54.3 Å². The third kappa shape index (κ3) is 5.34. The topological polar surface area (TPSA) is 51.8 Å². The summed E-state index contributed by atoms with van der Waals surface area (Å²) in [5.74, 6) is 1.85. The van der Waals surface area contributed by atoms with Crippen molar-refractivity contribution in [3.63, 3.8) is 0 Å². The number of furan rings is 1. The van der Waals surface area contributed by atoms with E-state index in [1.165, 1.54) is 16.5 Å². The summed E-state index contributed by atoms with van der Waals surface area (Å²) in [6.45, 7) is 0. The maximum absolute atomic E-state index is 6.67. The molecule has 0 aliphatic rings. The van der Waals surface area contributed by atoms with Crippen LogP contribution in [0.5, 0.6) is 0 Å². The van der Waals surface area contributed by atoms with E-state index in [1.54, 1.807) is 0 Å². The minimum Gasteiger partial charge on any atom is -0.455 e. The average Bonchev–Trinajstić information content (AvgIpc) is 3.65. The molecular weight excluding hydrogens is 671 g/mol. The number of aromatic nitrogens is 3. The Hall–Kier alpha value is -7.43. The second-order valence-electron chi connectivity index (χ2n) is 14.0. The fourth-order valence-corrected chi connectivity index (χ4v) is 7.97. The minimum atomic E-state index is 0.609. The first-order chi connectivity index (χ1) is 27.2. The molecule has 11 rings (SSSR count). The Bertz CT molecular complexity index is 3260. The Balaban J connectivity index is 1.15. The summed E-state index contributed by atoms with van der Waals surface area (Å²) in [6.07, 6.45) is 0. The van der Waals surface area contributed by atoms with Gasteiger partial charge in [-0.15, -0.1) is 0 Å². The molecule has 0 aliphatic carbocycles. The van der Waals surface area contributed by atoms with Crippen LogP contribution in [0.2, 0.25) is 0 Å². The van der Waals surface area contributed by atoms with Crippen molar-refractivity contribution in [1.29, 1.82) is 0 Å². The molecular formula is C51H31N3O. The predicted octanol–water partition coefficient (Wildman–Crippen LogP) is 13.6. The highest BCUT2D eigenvalue weighted by Gasteiger charge is 2.21. The third-order valence-electron chi connectivity index (χ3n) is 10.7. The zero-order chi connectivity index (χ0) is 36.3. The van der Waals surface area contributed by atoms with Crippen LogP contribution in [0.25, 0.3) is 111 Å². The van der Waals surface area contributed by atoms with Crippen molar-refractivity contribution in [3.8, 4) is 56.4 Å². The summed E-state index contributed by atoms with van der Waals surface area (Å²) in [5, 5.41) is 8.71. The molecule has 0 N–H and O–H groups in total. The normalized spacial score (nSPS) is 11.6. The van der Waals surface area contributed by atoms with E-state index in [2.05, 4.69) is 176 Å². The molecule has 0 aliphatic heterocycles. The minimum absolute atomic E-state index is 0.609. The van der Waals surface area contributed by atoms with E-state index in [4.69, 9.17) is 19.4 Å². The Morgan fingerprint density at radius 3 is 1.58 bits per heavy atom. The zero-order valence-electron chi connectivity index (χ0n) is 29.6. The van der Waals surface area contributed by atoms with E-state index in [-0.39, 0.29) is 0 Å². The molecule has 0 fully saturated rings. The standard InChI is InChI=1S/C51H31N3O/c1-3-12-32(13-4-1)36-23-24-38-30-40(27-25-37(38)28-36)50-52-49(39-26-22-33-14-7-8-17-35(33)29-39)53-51(54-50)44-31-45-47-41(34-15-5-2-6-16-34)20-11-21-46(47)55-48(45)43-19-10-9-18-42(43)44/h1-31H. The third-order valence-corrected chi connectivity index (χ3v) is 10.7. The lowest BCUT2D eigenvalue weighted by atomic mass is 9.96. The highest BCUT2D eigenvalue weighted by Crippen LogP contribution is 2.43. The molecule has 11 aromatic rings. The quantitative estimate of drug-likeness (QED) is 0.179. The van der Waals surface area contributed by atoms with Crippen LogP contribution < -0.4 is 0 Å². The van der Waals surface area contributed by atoms with Gasteiger partial charge >= 0.3 is 0 Å². The number of fused-ring (bicyclic) bond motifs is 7.